The number of hydrogen-bond acceptors (Lipinski definition) is 2. The highest BCUT2D eigenvalue weighted by atomic mass is 19.4. The molecular weight excluding hydrogens is 279 g/mol. The van der Waals surface area contributed by atoms with E-state index in [0.717, 1.165) is 12.1 Å². The Labute approximate surface area is 118 Å². The molecule has 1 aromatic carbocycles. The van der Waals surface area contributed by atoms with Gasteiger partial charge in [-0.25, -0.2) is 14.5 Å². The van der Waals surface area contributed by atoms with Gasteiger partial charge in [-0.1, -0.05) is 18.6 Å². The van der Waals surface area contributed by atoms with Crippen molar-refractivity contribution in [3.8, 4) is 23.6 Å². The summed E-state index contributed by atoms with van der Waals surface area (Å²) in [7, 11) is 0. The van der Waals surface area contributed by atoms with Gasteiger partial charge in [0.05, 0.1) is 5.56 Å². The summed E-state index contributed by atoms with van der Waals surface area (Å²) in [6.45, 7) is 0. The number of pyridine rings is 1. The third-order valence-corrected chi connectivity index (χ3v) is 3.07. The molecule has 0 radical (unpaired) electrons. The van der Waals surface area contributed by atoms with E-state index in [0.29, 0.717) is 22.3 Å². The number of terminal acetylenes is 1. The van der Waals surface area contributed by atoms with Crippen molar-refractivity contribution in [2.24, 2.45) is 0 Å². The molecule has 0 saturated carbocycles. The monoisotopic (exact) mass is 287 g/mol. The second-order valence-electron chi connectivity index (χ2n) is 4.39. The van der Waals surface area contributed by atoms with Crippen LogP contribution in [-0.4, -0.2) is 14.5 Å². The Morgan fingerprint density at radius 3 is 2.38 bits per heavy atom. The first kappa shape index (κ1) is 13.2. The molecule has 0 saturated heterocycles. The number of nitrogens with zero attached hydrogens (tertiary/aromatic N) is 3. The highest BCUT2D eigenvalue weighted by Crippen LogP contribution is 2.31. The van der Waals surface area contributed by atoms with Gasteiger partial charge in [-0.3, -0.25) is 0 Å². The number of aromatic nitrogens is 3. The van der Waals surface area contributed by atoms with Gasteiger partial charge in [-0.05, 0) is 23.8 Å². The Hall–Kier alpha value is -2.81. The van der Waals surface area contributed by atoms with Crippen molar-refractivity contribution in [2.45, 2.75) is 6.18 Å². The van der Waals surface area contributed by atoms with Gasteiger partial charge in [-0.2, -0.15) is 13.2 Å². The van der Waals surface area contributed by atoms with Crippen LogP contribution in [0.2, 0.25) is 0 Å². The number of halogens is 3. The van der Waals surface area contributed by atoms with Crippen molar-refractivity contribution in [1.82, 2.24) is 14.5 Å². The lowest BCUT2D eigenvalue weighted by Gasteiger charge is -2.07. The van der Waals surface area contributed by atoms with Crippen molar-refractivity contribution in [1.29, 1.82) is 0 Å². The molecule has 6 heteroatoms. The van der Waals surface area contributed by atoms with Crippen LogP contribution in [0.3, 0.4) is 0 Å². The minimum Gasteiger partial charge on any atom is -0.241 e. The summed E-state index contributed by atoms with van der Waals surface area (Å²) in [6.07, 6.45) is 3.97. The summed E-state index contributed by atoms with van der Waals surface area (Å²) in [4.78, 5) is 8.31. The van der Waals surface area contributed by atoms with Crippen LogP contribution in [0, 0.1) is 12.5 Å². The predicted octanol–water partition coefficient (Wildman–Crippen LogP) is 3.56. The number of hydrogen-bond donors (Lipinski definition) is 0. The lowest BCUT2D eigenvalue weighted by molar-refractivity contribution is -0.137. The Balaban J connectivity index is 2.03. The summed E-state index contributed by atoms with van der Waals surface area (Å²) < 4.78 is 39.0. The number of benzene rings is 1. The van der Waals surface area contributed by atoms with Crippen LogP contribution < -0.4 is 0 Å². The van der Waals surface area contributed by atoms with Gasteiger partial charge < -0.3 is 0 Å². The van der Waals surface area contributed by atoms with Crippen LogP contribution in [0.1, 0.15) is 5.56 Å². The van der Waals surface area contributed by atoms with Gasteiger partial charge in [0.25, 0.3) is 0 Å². The molecule has 0 fully saturated rings. The average molecular weight is 287 g/mol. The SMILES string of the molecule is C#Cn1cnc2cc(-c3ccc(C(F)(F)F)cc3)cnc21. The minimum absolute atomic E-state index is 0.535. The van der Waals surface area contributed by atoms with Gasteiger partial charge in [0.15, 0.2) is 5.65 Å². The van der Waals surface area contributed by atoms with E-state index in [9.17, 15) is 13.2 Å². The third-order valence-electron chi connectivity index (χ3n) is 3.07. The van der Waals surface area contributed by atoms with Crippen LogP contribution in [-0.2, 0) is 6.18 Å². The van der Waals surface area contributed by atoms with Crippen molar-refractivity contribution in [3.05, 3.63) is 48.4 Å². The number of fused-ring (bicyclic) bond motifs is 1. The Bertz CT molecular complexity index is 839. The van der Waals surface area contributed by atoms with Gasteiger partial charge in [0.2, 0.25) is 0 Å². The first-order valence-electron chi connectivity index (χ1n) is 5.96. The molecule has 104 valence electrons. The quantitative estimate of drug-likeness (QED) is 0.641. The van der Waals surface area contributed by atoms with E-state index in [2.05, 4.69) is 16.0 Å². The molecule has 0 atom stereocenters. The zero-order valence-electron chi connectivity index (χ0n) is 10.6. The van der Waals surface area contributed by atoms with E-state index in [1.807, 2.05) is 0 Å². The molecule has 2 heterocycles. The number of alkyl halides is 3. The Morgan fingerprint density at radius 1 is 1.05 bits per heavy atom. The van der Waals surface area contributed by atoms with Gasteiger partial charge >= 0.3 is 6.18 Å². The zero-order chi connectivity index (χ0) is 15.0. The van der Waals surface area contributed by atoms with Crippen molar-refractivity contribution >= 4 is 11.2 Å². The van der Waals surface area contributed by atoms with Gasteiger partial charge in [0, 0.05) is 17.8 Å². The normalized spacial score (nSPS) is 11.5. The first-order valence-corrected chi connectivity index (χ1v) is 5.96. The average Bonchev–Trinajstić information content (AvgIpc) is 2.88. The summed E-state index contributed by atoms with van der Waals surface area (Å²) >= 11 is 0. The highest BCUT2D eigenvalue weighted by molar-refractivity contribution is 5.78. The predicted molar refractivity (Wildman–Crippen MR) is 72.2 cm³/mol. The largest absolute Gasteiger partial charge is 0.416 e. The molecule has 0 aliphatic heterocycles. The van der Waals surface area contributed by atoms with Crippen LogP contribution in [0.4, 0.5) is 13.2 Å². The highest BCUT2D eigenvalue weighted by Gasteiger charge is 2.29. The summed E-state index contributed by atoms with van der Waals surface area (Å²) in [6, 6.07) is 9.03. The molecule has 3 rings (SSSR count). The molecule has 0 bridgehead atoms. The Kier molecular flexibility index (Phi) is 2.91. The molecule has 0 aliphatic rings. The second-order valence-corrected chi connectivity index (χ2v) is 4.39. The van der Waals surface area contributed by atoms with Crippen LogP contribution in [0.5, 0.6) is 0 Å². The molecule has 0 unspecified atom stereocenters. The molecule has 21 heavy (non-hydrogen) atoms. The fourth-order valence-electron chi connectivity index (χ4n) is 2.01. The maximum atomic E-state index is 12.5. The number of imidazole rings is 1. The van der Waals surface area contributed by atoms with E-state index < -0.39 is 11.7 Å². The number of rotatable bonds is 1. The molecule has 0 spiro atoms. The second kappa shape index (κ2) is 4.63. The van der Waals surface area contributed by atoms with Crippen LogP contribution in [0.25, 0.3) is 22.3 Å². The van der Waals surface area contributed by atoms with Crippen LogP contribution >= 0.6 is 0 Å². The molecule has 2 aromatic heterocycles. The standard InChI is InChI=1S/C15H8F3N3/c1-2-21-9-20-13-7-11(8-19-14(13)21)10-3-5-12(6-4-10)15(16,17)18/h1,3-9H. The fourth-order valence-corrected chi connectivity index (χ4v) is 2.01. The Morgan fingerprint density at radius 2 is 1.76 bits per heavy atom. The van der Waals surface area contributed by atoms with Crippen molar-refractivity contribution in [3.63, 3.8) is 0 Å². The van der Waals surface area contributed by atoms with E-state index in [-0.39, 0.29) is 0 Å². The maximum Gasteiger partial charge on any atom is 0.416 e. The summed E-state index contributed by atoms with van der Waals surface area (Å²) in [5, 5.41) is 0. The molecule has 0 N–H and O–H groups in total. The van der Waals surface area contributed by atoms with E-state index in [1.165, 1.54) is 23.0 Å². The molecule has 3 nitrogen and oxygen atoms in total. The molecule has 3 aromatic rings. The van der Waals surface area contributed by atoms with Crippen molar-refractivity contribution < 1.29 is 13.2 Å². The van der Waals surface area contributed by atoms with E-state index in [4.69, 9.17) is 6.42 Å². The summed E-state index contributed by atoms with van der Waals surface area (Å²) in [5.41, 5.74) is 1.75. The van der Waals surface area contributed by atoms with E-state index >= 15 is 0 Å². The molecule has 0 amide bonds. The van der Waals surface area contributed by atoms with Gasteiger partial charge in [0.1, 0.15) is 11.8 Å². The maximum absolute atomic E-state index is 12.5. The lowest BCUT2D eigenvalue weighted by Crippen LogP contribution is -2.04. The third kappa shape index (κ3) is 2.34. The topological polar surface area (TPSA) is 30.7 Å². The summed E-state index contributed by atoms with van der Waals surface area (Å²) in [5.74, 6) is 0. The fraction of sp³-hybridized carbons (Fsp3) is 0.0667. The van der Waals surface area contributed by atoms with Gasteiger partial charge in [-0.15, -0.1) is 0 Å². The van der Waals surface area contributed by atoms with Crippen LogP contribution in [0.15, 0.2) is 42.9 Å². The lowest BCUT2D eigenvalue weighted by atomic mass is 10.1. The first-order chi connectivity index (χ1) is 9.99. The molecular formula is C15H8F3N3. The minimum atomic E-state index is -4.34. The van der Waals surface area contributed by atoms with E-state index in [1.54, 1.807) is 12.3 Å². The van der Waals surface area contributed by atoms with Crippen molar-refractivity contribution in [2.75, 3.05) is 0 Å². The molecule has 0 aliphatic carbocycles. The zero-order valence-corrected chi connectivity index (χ0v) is 10.6. The smallest absolute Gasteiger partial charge is 0.241 e.